The van der Waals surface area contributed by atoms with Gasteiger partial charge in [-0.1, -0.05) is 36.4 Å². The SMILES string of the molecule is CC(=O)N1CCC(C2(c3ccc(-c4ccc5ncccc5c4)cc3)OCCO2)CC1. The predicted octanol–water partition coefficient (Wildman–Crippen LogP) is 4.36. The van der Waals surface area contributed by atoms with Crippen molar-refractivity contribution < 1.29 is 14.3 Å². The topological polar surface area (TPSA) is 51.7 Å². The van der Waals surface area contributed by atoms with E-state index in [4.69, 9.17) is 9.47 Å². The minimum absolute atomic E-state index is 0.144. The van der Waals surface area contributed by atoms with Crippen LogP contribution >= 0.6 is 0 Å². The molecule has 5 nitrogen and oxygen atoms in total. The Kier molecular flexibility index (Phi) is 5.01. The van der Waals surface area contributed by atoms with Gasteiger partial charge in [0.05, 0.1) is 18.7 Å². The van der Waals surface area contributed by atoms with E-state index >= 15 is 0 Å². The molecule has 2 aliphatic rings. The Balaban J connectivity index is 1.42. The van der Waals surface area contributed by atoms with Gasteiger partial charge in [-0.15, -0.1) is 0 Å². The standard InChI is InChI=1S/C25H26N2O3/c1-18(28)27-13-10-23(11-14-27)25(29-15-16-30-25)22-7-4-19(5-8-22)20-6-9-24-21(17-20)3-2-12-26-24/h2-9,12,17,23H,10-11,13-16H2,1H3. The zero-order valence-electron chi connectivity index (χ0n) is 17.2. The number of ether oxygens (including phenoxy) is 2. The predicted molar refractivity (Wildman–Crippen MR) is 116 cm³/mol. The van der Waals surface area contributed by atoms with E-state index in [-0.39, 0.29) is 11.8 Å². The summed E-state index contributed by atoms with van der Waals surface area (Å²) in [5, 5.41) is 1.13. The fourth-order valence-corrected chi connectivity index (χ4v) is 4.79. The minimum atomic E-state index is -0.700. The lowest BCUT2D eigenvalue weighted by molar-refractivity contribution is -0.214. The van der Waals surface area contributed by atoms with Crippen LogP contribution in [0.5, 0.6) is 0 Å². The third kappa shape index (κ3) is 3.38. The Hall–Kier alpha value is -2.76. The van der Waals surface area contributed by atoms with Crippen LogP contribution in [-0.2, 0) is 20.1 Å². The number of hydrogen-bond donors (Lipinski definition) is 0. The molecule has 0 saturated carbocycles. The maximum atomic E-state index is 11.7. The molecule has 2 saturated heterocycles. The van der Waals surface area contributed by atoms with Crippen molar-refractivity contribution in [2.75, 3.05) is 26.3 Å². The number of carbonyl (C=O) groups excluding carboxylic acids is 1. The molecule has 3 heterocycles. The average molecular weight is 402 g/mol. The zero-order chi connectivity index (χ0) is 20.6. The van der Waals surface area contributed by atoms with Crippen LogP contribution < -0.4 is 0 Å². The van der Waals surface area contributed by atoms with Crippen molar-refractivity contribution in [1.82, 2.24) is 9.88 Å². The Morgan fingerprint density at radius 2 is 1.70 bits per heavy atom. The molecule has 0 spiro atoms. The molecule has 2 aliphatic heterocycles. The summed E-state index contributed by atoms with van der Waals surface area (Å²) in [6, 6.07) is 18.9. The minimum Gasteiger partial charge on any atom is -0.343 e. The van der Waals surface area contributed by atoms with Gasteiger partial charge in [-0.05, 0) is 42.2 Å². The average Bonchev–Trinajstić information content (AvgIpc) is 3.30. The van der Waals surface area contributed by atoms with Crippen molar-refractivity contribution in [1.29, 1.82) is 0 Å². The van der Waals surface area contributed by atoms with Crippen molar-refractivity contribution in [2.24, 2.45) is 5.92 Å². The van der Waals surface area contributed by atoms with Gasteiger partial charge in [0, 0.05) is 43.1 Å². The van der Waals surface area contributed by atoms with Gasteiger partial charge in [0.15, 0.2) is 5.79 Å². The van der Waals surface area contributed by atoms with E-state index in [1.54, 1.807) is 6.92 Å². The largest absolute Gasteiger partial charge is 0.343 e. The summed E-state index contributed by atoms with van der Waals surface area (Å²) in [6.07, 6.45) is 3.59. The first-order valence-corrected chi connectivity index (χ1v) is 10.6. The normalized spacial score (nSPS) is 19.3. The first-order valence-electron chi connectivity index (χ1n) is 10.6. The van der Waals surface area contributed by atoms with E-state index in [9.17, 15) is 4.79 Å². The lowest BCUT2D eigenvalue weighted by Gasteiger charge is -2.41. The summed E-state index contributed by atoms with van der Waals surface area (Å²) in [5.41, 5.74) is 4.39. The third-order valence-electron chi connectivity index (χ3n) is 6.42. The van der Waals surface area contributed by atoms with Gasteiger partial charge >= 0.3 is 0 Å². The third-order valence-corrected chi connectivity index (χ3v) is 6.42. The van der Waals surface area contributed by atoms with Gasteiger partial charge in [-0.3, -0.25) is 9.78 Å². The lowest BCUT2D eigenvalue weighted by Crippen LogP contribution is -2.45. The number of aromatic nitrogens is 1. The molecule has 3 aromatic rings. The zero-order valence-corrected chi connectivity index (χ0v) is 17.2. The van der Waals surface area contributed by atoms with E-state index in [0.717, 1.165) is 48.0 Å². The number of piperidine rings is 1. The van der Waals surface area contributed by atoms with E-state index in [1.807, 2.05) is 17.2 Å². The second-order valence-corrected chi connectivity index (χ2v) is 8.13. The molecule has 5 heteroatoms. The number of pyridine rings is 1. The first-order chi connectivity index (χ1) is 14.7. The molecular weight excluding hydrogens is 376 g/mol. The Morgan fingerprint density at radius 1 is 1.00 bits per heavy atom. The number of hydrogen-bond acceptors (Lipinski definition) is 4. The van der Waals surface area contributed by atoms with Crippen LogP contribution in [0.25, 0.3) is 22.0 Å². The molecule has 2 fully saturated rings. The monoisotopic (exact) mass is 402 g/mol. The van der Waals surface area contributed by atoms with Gasteiger partial charge in [0.2, 0.25) is 5.91 Å². The summed E-state index contributed by atoms with van der Waals surface area (Å²) in [7, 11) is 0. The molecule has 0 aliphatic carbocycles. The number of fused-ring (bicyclic) bond motifs is 1. The molecule has 154 valence electrons. The van der Waals surface area contributed by atoms with Crippen molar-refractivity contribution in [3.05, 3.63) is 66.4 Å². The molecule has 0 N–H and O–H groups in total. The van der Waals surface area contributed by atoms with E-state index in [1.165, 1.54) is 5.56 Å². The number of rotatable bonds is 3. The van der Waals surface area contributed by atoms with Gasteiger partial charge in [0.1, 0.15) is 0 Å². The van der Waals surface area contributed by atoms with Crippen LogP contribution in [-0.4, -0.2) is 42.1 Å². The fraction of sp³-hybridized carbons (Fsp3) is 0.360. The Labute approximate surface area is 176 Å². The number of likely N-dealkylation sites (tertiary alicyclic amines) is 1. The van der Waals surface area contributed by atoms with Gasteiger partial charge in [-0.2, -0.15) is 0 Å². The Morgan fingerprint density at radius 3 is 2.40 bits per heavy atom. The molecule has 30 heavy (non-hydrogen) atoms. The smallest absolute Gasteiger partial charge is 0.219 e. The molecule has 0 unspecified atom stereocenters. The molecule has 0 bridgehead atoms. The van der Waals surface area contributed by atoms with Crippen LogP contribution in [0.4, 0.5) is 0 Å². The van der Waals surface area contributed by atoms with Crippen molar-refractivity contribution in [3.63, 3.8) is 0 Å². The lowest BCUT2D eigenvalue weighted by atomic mass is 9.83. The van der Waals surface area contributed by atoms with Crippen LogP contribution in [0.15, 0.2) is 60.8 Å². The van der Waals surface area contributed by atoms with E-state index in [2.05, 4.69) is 53.5 Å². The summed E-state index contributed by atoms with van der Waals surface area (Å²) in [4.78, 5) is 18.0. The highest BCUT2D eigenvalue weighted by Gasteiger charge is 2.47. The summed E-state index contributed by atoms with van der Waals surface area (Å²) < 4.78 is 12.5. The highest BCUT2D eigenvalue weighted by atomic mass is 16.7. The highest BCUT2D eigenvalue weighted by molar-refractivity contribution is 5.84. The van der Waals surface area contributed by atoms with Crippen LogP contribution in [0.1, 0.15) is 25.3 Å². The summed E-state index contributed by atoms with van der Waals surface area (Å²) in [5.74, 6) is -0.312. The fourth-order valence-electron chi connectivity index (χ4n) is 4.79. The second kappa shape index (κ2) is 7.82. The van der Waals surface area contributed by atoms with Gasteiger partial charge in [0.25, 0.3) is 0 Å². The maximum absolute atomic E-state index is 11.7. The van der Waals surface area contributed by atoms with E-state index in [0.29, 0.717) is 13.2 Å². The van der Waals surface area contributed by atoms with Crippen molar-refractivity contribution >= 4 is 16.8 Å². The van der Waals surface area contributed by atoms with Crippen molar-refractivity contribution in [3.8, 4) is 11.1 Å². The summed E-state index contributed by atoms with van der Waals surface area (Å²) >= 11 is 0. The first kappa shape index (κ1) is 19.2. The molecule has 1 aromatic heterocycles. The Bertz CT molecular complexity index is 1050. The van der Waals surface area contributed by atoms with Crippen LogP contribution in [0.3, 0.4) is 0 Å². The van der Waals surface area contributed by atoms with Crippen LogP contribution in [0.2, 0.25) is 0 Å². The van der Waals surface area contributed by atoms with Crippen LogP contribution in [0, 0.1) is 5.92 Å². The highest BCUT2D eigenvalue weighted by Crippen LogP contribution is 2.44. The molecule has 1 amide bonds. The number of carbonyl (C=O) groups is 1. The van der Waals surface area contributed by atoms with E-state index < -0.39 is 5.79 Å². The second-order valence-electron chi connectivity index (χ2n) is 8.13. The number of benzene rings is 2. The number of amides is 1. The van der Waals surface area contributed by atoms with Crippen molar-refractivity contribution in [2.45, 2.75) is 25.6 Å². The molecule has 0 radical (unpaired) electrons. The van der Waals surface area contributed by atoms with Gasteiger partial charge in [-0.25, -0.2) is 0 Å². The van der Waals surface area contributed by atoms with Gasteiger partial charge < -0.3 is 14.4 Å². The quantitative estimate of drug-likeness (QED) is 0.653. The molecule has 2 aromatic carbocycles. The summed E-state index contributed by atoms with van der Waals surface area (Å²) in [6.45, 7) is 4.37. The molecular formula is C25H26N2O3. The molecule has 5 rings (SSSR count). The number of nitrogens with zero attached hydrogens (tertiary/aromatic N) is 2. The maximum Gasteiger partial charge on any atom is 0.219 e. The molecule has 0 atom stereocenters.